The summed E-state index contributed by atoms with van der Waals surface area (Å²) in [6.45, 7) is 7.25. The highest BCUT2D eigenvalue weighted by Gasteiger charge is 2.37. The molecule has 1 unspecified atom stereocenters. The lowest BCUT2D eigenvalue weighted by Crippen LogP contribution is -2.46. The first-order chi connectivity index (χ1) is 15.4. The SMILES string of the molecule is CC(C)NS(=O)(=O)c1cc(-c2cn(C)c(=O)c3[nH]ccc23)c2c(c1)N(C)C(=O)C(C(C)C)O2. The lowest BCUT2D eigenvalue weighted by Gasteiger charge is -2.35. The molecule has 1 aliphatic rings. The summed E-state index contributed by atoms with van der Waals surface area (Å²) in [7, 11) is -0.628. The molecule has 0 fully saturated rings. The van der Waals surface area contributed by atoms with Crippen molar-refractivity contribution >= 4 is 32.5 Å². The number of likely N-dealkylation sites (N-methyl/N-ethyl adjacent to an activating group) is 1. The second-order valence-electron chi connectivity index (χ2n) is 9.00. The van der Waals surface area contributed by atoms with Crippen LogP contribution in [0.3, 0.4) is 0 Å². The third-order valence-electron chi connectivity index (χ3n) is 5.71. The zero-order valence-electron chi connectivity index (χ0n) is 19.5. The molecule has 2 aromatic heterocycles. The Kier molecular flexibility index (Phi) is 5.61. The molecule has 2 N–H and O–H groups in total. The minimum atomic E-state index is -3.87. The monoisotopic (exact) mass is 472 g/mol. The van der Waals surface area contributed by atoms with Crippen molar-refractivity contribution in [3.8, 4) is 16.9 Å². The van der Waals surface area contributed by atoms with Crippen molar-refractivity contribution in [1.29, 1.82) is 0 Å². The zero-order chi connectivity index (χ0) is 24.2. The number of anilines is 1. The van der Waals surface area contributed by atoms with Crippen LogP contribution in [0.5, 0.6) is 5.75 Å². The molecule has 0 saturated carbocycles. The molecular formula is C23H28N4O5S. The van der Waals surface area contributed by atoms with Gasteiger partial charge in [0.15, 0.2) is 11.9 Å². The van der Waals surface area contributed by atoms with Gasteiger partial charge in [-0.3, -0.25) is 9.59 Å². The standard InChI is InChI=1S/C23H28N4O5S/c1-12(2)20-23(29)27(6)18-10-14(33(30,31)25-13(3)4)9-16(21(18)32-20)17-11-26(5)22(28)19-15(17)7-8-24-19/h7-13,20,24-25H,1-6H3. The van der Waals surface area contributed by atoms with Gasteiger partial charge in [-0.05, 0) is 38.0 Å². The molecule has 33 heavy (non-hydrogen) atoms. The van der Waals surface area contributed by atoms with Gasteiger partial charge in [-0.1, -0.05) is 13.8 Å². The molecule has 3 heterocycles. The van der Waals surface area contributed by atoms with E-state index >= 15 is 0 Å². The van der Waals surface area contributed by atoms with Crippen molar-refractivity contribution in [3.05, 3.63) is 40.9 Å². The Labute approximate surface area is 192 Å². The van der Waals surface area contributed by atoms with Crippen molar-refractivity contribution in [3.63, 3.8) is 0 Å². The van der Waals surface area contributed by atoms with Crippen LogP contribution in [0.2, 0.25) is 0 Å². The van der Waals surface area contributed by atoms with E-state index in [-0.39, 0.29) is 28.3 Å². The van der Waals surface area contributed by atoms with Gasteiger partial charge in [-0.2, -0.15) is 0 Å². The van der Waals surface area contributed by atoms with Crippen LogP contribution in [0.1, 0.15) is 27.7 Å². The van der Waals surface area contributed by atoms with E-state index < -0.39 is 16.1 Å². The van der Waals surface area contributed by atoms with Gasteiger partial charge in [0.25, 0.3) is 11.5 Å². The van der Waals surface area contributed by atoms with Crippen LogP contribution in [-0.4, -0.2) is 43.1 Å². The molecule has 3 aromatic rings. The summed E-state index contributed by atoms with van der Waals surface area (Å²) in [5, 5.41) is 0.635. The largest absolute Gasteiger partial charge is 0.477 e. The summed E-state index contributed by atoms with van der Waals surface area (Å²) >= 11 is 0. The Hall–Kier alpha value is -3.11. The Morgan fingerprint density at radius 1 is 1.09 bits per heavy atom. The molecule has 1 amide bonds. The van der Waals surface area contributed by atoms with Gasteiger partial charge in [-0.15, -0.1) is 0 Å². The summed E-state index contributed by atoms with van der Waals surface area (Å²) < 4.78 is 36.4. The molecule has 0 bridgehead atoms. The Morgan fingerprint density at radius 2 is 1.79 bits per heavy atom. The fourth-order valence-corrected chi connectivity index (χ4v) is 5.38. The first-order valence-corrected chi connectivity index (χ1v) is 12.2. The number of hydrogen-bond donors (Lipinski definition) is 2. The third-order valence-corrected chi connectivity index (χ3v) is 7.35. The average molecular weight is 473 g/mol. The molecule has 0 radical (unpaired) electrons. The fraction of sp³-hybridized carbons (Fsp3) is 0.391. The molecule has 10 heteroatoms. The number of aromatic nitrogens is 2. The highest BCUT2D eigenvalue weighted by Crippen LogP contribution is 2.45. The van der Waals surface area contributed by atoms with Crippen molar-refractivity contribution in [2.75, 3.05) is 11.9 Å². The number of benzene rings is 1. The van der Waals surface area contributed by atoms with Crippen molar-refractivity contribution < 1.29 is 17.9 Å². The Morgan fingerprint density at radius 3 is 2.42 bits per heavy atom. The maximum atomic E-state index is 13.1. The van der Waals surface area contributed by atoms with Crippen LogP contribution in [0.15, 0.2) is 40.3 Å². The molecule has 0 saturated heterocycles. The average Bonchev–Trinajstić information content (AvgIpc) is 3.21. The molecule has 1 atom stereocenters. The van der Waals surface area contributed by atoms with Gasteiger partial charge in [0.2, 0.25) is 10.0 Å². The van der Waals surface area contributed by atoms with Gasteiger partial charge in [0, 0.05) is 49.0 Å². The summed E-state index contributed by atoms with van der Waals surface area (Å²) in [6, 6.07) is 4.44. The smallest absolute Gasteiger partial charge is 0.274 e. The number of carbonyl (C=O) groups excluding carboxylic acids is 1. The van der Waals surface area contributed by atoms with E-state index in [0.29, 0.717) is 33.5 Å². The molecule has 1 aromatic carbocycles. The maximum absolute atomic E-state index is 13.1. The van der Waals surface area contributed by atoms with Crippen molar-refractivity contribution in [2.24, 2.45) is 13.0 Å². The zero-order valence-corrected chi connectivity index (χ0v) is 20.3. The molecule has 0 spiro atoms. The van der Waals surface area contributed by atoms with E-state index in [2.05, 4.69) is 9.71 Å². The topological polar surface area (TPSA) is 114 Å². The minimum Gasteiger partial charge on any atom is -0.477 e. The highest BCUT2D eigenvalue weighted by molar-refractivity contribution is 7.89. The summed E-state index contributed by atoms with van der Waals surface area (Å²) in [5.41, 5.74) is 1.67. The number of carbonyl (C=O) groups is 1. The second kappa shape index (κ2) is 8.03. The number of sulfonamides is 1. The Bertz CT molecular complexity index is 1420. The van der Waals surface area contributed by atoms with Crippen LogP contribution >= 0.6 is 0 Å². The second-order valence-corrected chi connectivity index (χ2v) is 10.7. The van der Waals surface area contributed by atoms with Gasteiger partial charge in [0.05, 0.1) is 10.6 Å². The lowest BCUT2D eigenvalue weighted by molar-refractivity contribution is -0.127. The summed E-state index contributed by atoms with van der Waals surface area (Å²) in [6.07, 6.45) is 2.60. The lowest BCUT2D eigenvalue weighted by atomic mass is 9.98. The number of hydrogen-bond acceptors (Lipinski definition) is 5. The predicted octanol–water partition coefficient (Wildman–Crippen LogP) is 2.60. The van der Waals surface area contributed by atoms with Crippen molar-refractivity contribution in [1.82, 2.24) is 14.3 Å². The number of ether oxygens (including phenoxy) is 1. The number of pyridine rings is 1. The number of aromatic amines is 1. The number of nitrogens with one attached hydrogen (secondary N) is 2. The van der Waals surface area contributed by atoms with Gasteiger partial charge in [-0.25, -0.2) is 13.1 Å². The van der Waals surface area contributed by atoms with Crippen molar-refractivity contribution in [2.45, 2.75) is 44.7 Å². The number of rotatable bonds is 5. The summed E-state index contributed by atoms with van der Waals surface area (Å²) in [4.78, 5) is 30.0. The predicted molar refractivity (Wildman–Crippen MR) is 127 cm³/mol. The first kappa shape index (κ1) is 23.1. The Balaban J connectivity index is 2.08. The van der Waals surface area contributed by atoms with E-state index in [1.54, 1.807) is 46.4 Å². The van der Waals surface area contributed by atoms with E-state index in [0.717, 1.165) is 0 Å². The first-order valence-electron chi connectivity index (χ1n) is 10.7. The fourth-order valence-electron chi connectivity index (χ4n) is 4.09. The number of amides is 1. The van der Waals surface area contributed by atoms with E-state index in [4.69, 9.17) is 4.74 Å². The van der Waals surface area contributed by atoms with Crippen LogP contribution in [0.25, 0.3) is 22.0 Å². The van der Waals surface area contributed by atoms with Crippen LogP contribution < -0.4 is 19.9 Å². The van der Waals surface area contributed by atoms with E-state index in [1.165, 1.54) is 21.6 Å². The van der Waals surface area contributed by atoms with E-state index in [9.17, 15) is 18.0 Å². The molecule has 9 nitrogen and oxygen atoms in total. The molecule has 1 aliphatic heterocycles. The van der Waals surface area contributed by atoms with Crippen LogP contribution in [0.4, 0.5) is 5.69 Å². The van der Waals surface area contributed by atoms with Gasteiger partial charge in [0.1, 0.15) is 5.52 Å². The molecule has 4 rings (SSSR count). The van der Waals surface area contributed by atoms with E-state index in [1.807, 2.05) is 13.8 Å². The number of aryl methyl sites for hydroxylation is 1. The molecule has 0 aliphatic carbocycles. The van der Waals surface area contributed by atoms with Gasteiger partial charge >= 0.3 is 0 Å². The number of nitrogens with zero attached hydrogens (tertiary/aromatic N) is 2. The van der Waals surface area contributed by atoms with Crippen LogP contribution in [0, 0.1) is 5.92 Å². The van der Waals surface area contributed by atoms with Crippen LogP contribution in [-0.2, 0) is 21.9 Å². The third kappa shape index (κ3) is 3.83. The minimum absolute atomic E-state index is 0.00809. The highest BCUT2D eigenvalue weighted by atomic mass is 32.2. The molecule has 176 valence electrons. The maximum Gasteiger partial charge on any atom is 0.274 e. The number of H-pyrrole nitrogens is 1. The normalized spacial score (nSPS) is 16.5. The quantitative estimate of drug-likeness (QED) is 0.593. The molecular weight excluding hydrogens is 444 g/mol. The summed E-state index contributed by atoms with van der Waals surface area (Å²) in [5.74, 6) is 0.0573. The van der Waals surface area contributed by atoms with Gasteiger partial charge < -0.3 is 19.2 Å². The number of fused-ring (bicyclic) bond motifs is 2.